The molecule has 3 heteroatoms. The van der Waals surface area contributed by atoms with Crippen LogP contribution in [0.1, 0.15) is 16.7 Å². The average molecular weight is 388 g/mol. The van der Waals surface area contributed by atoms with Crippen molar-refractivity contribution < 1.29 is 4.74 Å². The van der Waals surface area contributed by atoms with Crippen LogP contribution in [-0.2, 0) is 19.7 Å². The van der Waals surface area contributed by atoms with Crippen molar-refractivity contribution in [3.8, 4) is 5.75 Å². The van der Waals surface area contributed by atoms with Gasteiger partial charge in [-0.2, -0.15) is 0 Å². The summed E-state index contributed by atoms with van der Waals surface area (Å²) in [5.74, 6) is 0.911. The third-order valence-electron chi connectivity index (χ3n) is 4.78. The molecule has 28 heavy (non-hydrogen) atoms. The maximum Gasteiger partial charge on any atom is 0.124 e. The minimum Gasteiger partial charge on any atom is -0.489 e. The summed E-state index contributed by atoms with van der Waals surface area (Å²) >= 11 is 5.98. The van der Waals surface area contributed by atoms with Crippen LogP contribution in [0.4, 0.5) is 0 Å². The minimum atomic E-state index is 0.515. The molecule has 0 aromatic heterocycles. The Labute approximate surface area is 170 Å². The zero-order chi connectivity index (χ0) is 19.2. The molecular weight excluding hydrogens is 366 g/mol. The lowest BCUT2D eigenvalue weighted by Gasteiger charge is -2.15. The fraction of sp³-hybridized carbons (Fsp3) is 0.120. The van der Waals surface area contributed by atoms with E-state index < -0.39 is 0 Å². The second-order valence-electron chi connectivity index (χ2n) is 6.77. The molecule has 0 aliphatic carbocycles. The van der Waals surface area contributed by atoms with Crippen LogP contribution in [-0.4, -0.2) is 0 Å². The molecule has 1 N–H and O–H groups in total. The van der Waals surface area contributed by atoms with Gasteiger partial charge in [-0.25, -0.2) is 0 Å². The van der Waals surface area contributed by atoms with Crippen LogP contribution in [0.2, 0.25) is 5.02 Å². The van der Waals surface area contributed by atoms with E-state index in [1.807, 2.05) is 30.3 Å². The topological polar surface area (TPSA) is 21.3 Å². The molecule has 0 spiro atoms. The van der Waals surface area contributed by atoms with Crippen LogP contribution >= 0.6 is 11.6 Å². The first-order chi connectivity index (χ1) is 13.8. The zero-order valence-electron chi connectivity index (χ0n) is 15.6. The zero-order valence-corrected chi connectivity index (χ0v) is 16.3. The van der Waals surface area contributed by atoms with Crippen molar-refractivity contribution in [3.63, 3.8) is 0 Å². The first-order valence-electron chi connectivity index (χ1n) is 9.42. The second kappa shape index (κ2) is 8.92. The predicted octanol–water partition coefficient (Wildman–Crippen LogP) is 6.36. The van der Waals surface area contributed by atoms with E-state index in [2.05, 4.69) is 66.0 Å². The number of benzene rings is 4. The highest BCUT2D eigenvalue weighted by molar-refractivity contribution is 6.30. The van der Waals surface area contributed by atoms with Gasteiger partial charge in [-0.15, -0.1) is 0 Å². The Morgan fingerprint density at radius 3 is 2.25 bits per heavy atom. The molecular formula is C25H22ClNO. The van der Waals surface area contributed by atoms with Gasteiger partial charge in [-0.3, -0.25) is 0 Å². The Hall–Kier alpha value is -2.81. The summed E-state index contributed by atoms with van der Waals surface area (Å²) in [6, 6.07) is 30.8. The second-order valence-corrected chi connectivity index (χ2v) is 7.20. The molecule has 0 bridgehead atoms. The average Bonchev–Trinajstić information content (AvgIpc) is 2.75. The number of rotatable bonds is 7. The standard InChI is InChI=1S/C25H22ClNO/c26-22-13-10-20(11-14-22)18-28-25-15-12-21-8-4-5-9-23(21)24(25)17-27-16-19-6-2-1-3-7-19/h1-15,27H,16-18H2. The number of nitrogens with one attached hydrogen (secondary N) is 1. The van der Waals surface area contributed by atoms with Crippen molar-refractivity contribution in [2.24, 2.45) is 0 Å². The van der Waals surface area contributed by atoms with Gasteiger partial charge >= 0.3 is 0 Å². The summed E-state index contributed by atoms with van der Waals surface area (Å²) < 4.78 is 6.19. The van der Waals surface area contributed by atoms with Gasteiger partial charge in [0.05, 0.1) is 0 Å². The van der Waals surface area contributed by atoms with Crippen LogP contribution < -0.4 is 10.1 Å². The van der Waals surface area contributed by atoms with E-state index >= 15 is 0 Å². The van der Waals surface area contributed by atoms with E-state index in [1.165, 1.54) is 21.9 Å². The van der Waals surface area contributed by atoms with Crippen molar-refractivity contribution in [2.45, 2.75) is 19.7 Å². The Morgan fingerprint density at radius 1 is 0.679 bits per heavy atom. The SMILES string of the molecule is Clc1ccc(COc2ccc3ccccc3c2CNCc2ccccc2)cc1. The van der Waals surface area contributed by atoms with Crippen molar-refractivity contribution >= 4 is 22.4 Å². The summed E-state index contributed by atoms with van der Waals surface area (Å²) in [4.78, 5) is 0. The molecule has 0 saturated heterocycles. The summed E-state index contributed by atoms with van der Waals surface area (Å²) in [5.41, 5.74) is 3.55. The van der Waals surface area contributed by atoms with E-state index in [0.29, 0.717) is 6.61 Å². The van der Waals surface area contributed by atoms with Gasteiger partial charge in [0, 0.05) is 23.7 Å². The van der Waals surface area contributed by atoms with E-state index in [4.69, 9.17) is 16.3 Å². The van der Waals surface area contributed by atoms with Gasteiger partial charge in [-0.1, -0.05) is 84.4 Å². The molecule has 4 rings (SSSR count). The summed E-state index contributed by atoms with van der Waals surface area (Å²) in [5, 5.41) is 6.73. The van der Waals surface area contributed by atoms with E-state index in [0.717, 1.165) is 29.4 Å². The molecule has 0 fully saturated rings. The molecule has 0 aliphatic heterocycles. The van der Waals surface area contributed by atoms with Crippen LogP contribution in [0.15, 0.2) is 91.0 Å². The fourth-order valence-corrected chi connectivity index (χ4v) is 3.43. The summed E-state index contributed by atoms with van der Waals surface area (Å²) in [6.07, 6.45) is 0. The molecule has 0 unspecified atom stereocenters. The van der Waals surface area contributed by atoms with Crippen LogP contribution in [0, 0.1) is 0 Å². The number of halogens is 1. The van der Waals surface area contributed by atoms with Gasteiger partial charge in [0.2, 0.25) is 0 Å². The summed E-state index contributed by atoms with van der Waals surface area (Å²) in [6.45, 7) is 2.08. The summed E-state index contributed by atoms with van der Waals surface area (Å²) in [7, 11) is 0. The molecule has 0 amide bonds. The number of fused-ring (bicyclic) bond motifs is 1. The molecule has 0 atom stereocenters. The smallest absolute Gasteiger partial charge is 0.124 e. The highest BCUT2D eigenvalue weighted by Gasteiger charge is 2.09. The van der Waals surface area contributed by atoms with Gasteiger partial charge in [-0.05, 0) is 40.1 Å². The van der Waals surface area contributed by atoms with Crippen molar-refractivity contribution in [2.75, 3.05) is 0 Å². The lowest BCUT2D eigenvalue weighted by atomic mass is 10.0. The van der Waals surface area contributed by atoms with E-state index in [-0.39, 0.29) is 0 Å². The largest absolute Gasteiger partial charge is 0.489 e. The normalized spacial score (nSPS) is 10.9. The lowest BCUT2D eigenvalue weighted by molar-refractivity contribution is 0.302. The third kappa shape index (κ3) is 4.53. The molecule has 2 nitrogen and oxygen atoms in total. The molecule has 4 aromatic carbocycles. The van der Waals surface area contributed by atoms with Crippen molar-refractivity contribution in [3.05, 3.63) is 113 Å². The molecule has 0 saturated carbocycles. The van der Waals surface area contributed by atoms with Gasteiger partial charge in [0.1, 0.15) is 12.4 Å². The number of hydrogen-bond donors (Lipinski definition) is 1. The first kappa shape index (κ1) is 18.5. The number of ether oxygens (including phenoxy) is 1. The molecule has 0 heterocycles. The van der Waals surface area contributed by atoms with E-state index in [1.54, 1.807) is 0 Å². The first-order valence-corrected chi connectivity index (χ1v) is 9.80. The quantitative estimate of drug-likeness (QED) is 0.398. The monoisotopic (exact) mass is 387 g/mol. The number of hydrogen-bond acceptors (Lipinski definition) is 2. The van der Waals surface area contributed by atoms with Gasteiger partial charge in [0.15, 0.2) is 0 Å². The van der Waals surface area contributed by atoms with Gasteiger partial charge < -0.3 is 10.1 Å². The fourth-order valence-electron chi connectivity index (χ4n) is 3.30. The Kier molecular flexibility index (Phi) is 5.91. The highest BCUT2D eigenvalue weighted by atomic mass is 35.5. The maximum absolute atomic E-state index is 6.19. The molecule has 0 radical (unpaired) electrons. The Morgan fingerprint density at radius 2 is 1.43 bits per heavy atom. The molecule has 140 valence electrons. The predicted molar refractivity (Wildman–Crippen MR) is 117 cm³/mol. The minimum absolute atomic E-state index is 0.515. The molecule has 4 aromatic rings. The highest BCUT2D eigenvalue weighted by Crippen LogP contribution is 2.29. The maximum atomic E-state index is 6.19. The lowest BCUT2D eigenvalue weighted by Crippen LogP contribution is -2.14. The van der Waals surface area contributed by atoms with Gasteiger partial charge in [0.25, 0.3) is 0 Å². The van der Waals surface area contributed by atoms with Crippen molar-refractivity contribution in [1.82, 2.24) is 5.32 Å². The Bertz CT molecular complexity index is 1050. The van der Waals surface area contributed by atoms with Crippen LogP contribution in [0.5, 0.6) is 5.75 Å². The van der Waals surface area contributed by atoms with E-state index in [9.17, 15) is 0 Å². The third-order valence-corrected chi connectivity index (χ3v) is 5.03. The molecule has 0 aliphatic rings. The van der Waals surface area contributed by atoms with Crippen molar-refractivity contribution in [1.29, 1.82) is 0 Å². The van der Waals surface area contributed by atoms with Crippen LogP contribution in [0.3, 0.4) is 0 Å². The Balaban J connectivity index is 1.54. The van der Waals surface area contributed by atoms with Crippen LogP contribution in [0.25, 0.3) is 10.8 Å².